The molecular formula is C26H21FN6O. The van der Waals surface area contributed by atoms with Gasteiger partial charge in [-0.3, -0.25) is 4.79 Å². The van der Waals surface area contributed by atoms with Crippen molar-refractivity contribution in [2.45, 2.75) is 13.8 Å². The van der Waals surface area contributed by atoms with E-state index in [1.807, 2.05) is 56.3 Å². The molecule has 3 aromatic carbocycles. The Labute approximate surface area is 194 Å². The second-order valence-electron chi connectivity index (χ2n) is 8.01. The van der Waals surface area contributed by atoms with Crippen LogP contribution in [0.3, 0.4) is 0 Å². The Morgan fingerprint density at radius 3 is 2.41 bits per heavy atom. The summed E-state index contributed by atoms with van der Waals surface area (Å²) < 4.78 is 14.6. The van der Waals surface area contributed by atoms with E-state index in [9.17, 15) is 9.18 Å². The lowest BCUT2D eigenvalue weighted by Gasteiger charge is -2.08. The lowest BCUT2D eigenvalue weighted by atomic mass is 10.1. The number of nitrogen functional groups attached to an aromatic ring is 1. The summed E-state index contributed by atoms with van der Waals surface area (Å²) in [6, 6.07) is 18.9. The van der Waals surface area contributed by atoms with Gasteiger partial charge >= 0.3 is 0 Å². The van der Waals surface area contributed by atoms with Crippen molar-refractivity contribution in [2.75, 3.05) is 11.1 Å². The number of aryl methyl sites for hydroxylation is 2. The van der Waals surface area contributed by atoms with Gasteiger partial charge in [-0.05, 0) is 66.9 Å². The largest absolute Gasteiger partial charge is 0.383 e. The van der Waals surface area contributed by atoms with Crippen LogP contribution in [-0.4, -0.2) is 26.8 Å². The number of carbonyl (C=O) groups is 1. The summed E-state index contributed by atoms with van der Waals surface area (Å²) in [7, 11) is 0. The molecule has 7 nitrogen and oxygen atoms in total. The van der Waals surface area contributed by atoms with E-state index in [0.29, 0.717) is 33.4 Å². The van der Waals surface area contributed by atoms with E-state index in [-0.39, 0.29) is 17.2 Å². The van der Waals surface area contributed by atoms with Crippen molar-refractivity contribution < 1.29 is 9.18 Å². The Balaban J connectivity index is 1.64. The number of halogens is 1. The standard InChI is InChI=1S/C26H21FN6O/c1-15-7-12-19(13-16(15)2)30-26(34)22-23-25(32-21-6-4-3-5-20(21)31-23)33(24(22)28)29-14-17-8-10-18(27)11-9-17/h3-14H,28H2,1-2H3,(H,30,34)/b29-14-. The number of amides is 1. The summed E-state index contributed by atoms with van der Waals surface area (Å²) in [5, 5.41) is 7.35. The summed E-state index contributed by atoms with van der Waals surface area (Å²) in [5.74, 6) is -0.651. The Morgan fingerprint density at radius 2 is 1.71 bits per heavy atom. The molecule has 0 fully saturated rings. The molecule has 8 heteroatoms. The summed E-state index contributed by atoms with van der Waals surface area (Å²) in [5.41, 5.74) is 12.1. The Morgan fingerprint density at radius 1 is 1.00 bits per heavy atom. The number of aromatic nitrogens is 3. The maximum atomic E-state index is 13.3. The quantitative estimate of drug-likeness (QED) is 0.373. The average Bonchev–Trinajstić information content (AvgIpc) is 3.09. The first kappa shape index (κ1) is 21.3. The zero-order valence-corrected chi connectivity index (χ0v) is 18.6. The number of benzene rings is 3. The van der Waals surface area contributed by atoms with Crippen LogP contribution < -0.4 is 11.1 Å². The van der Waals surface area contributed by atoms with Crippen LogP contribution in [-0.2, 0) is 0 Å². The predicted molar refractivity (Wildman–Crippen MR) is 133 cm³/mol. The molecule has 2 aromatic heterocycles. The van der Waals surface area contributed by atoms with Crippen molar-refractivity contribution in [1.29, 1.82) is 0 Å². The molecule has 34 heavy (non-hydrogen) atoms. The van der Waals surface area contributed by atoms with Gasteiger partial charge < -0.3 is 11.1 Å². The monoisotopic (exact) mass is 452 g/mol. The van der Waals surface area contributed by atoms with E-state index in [0.717, 1.165) is 11.1 Å². The highest BCUT2D eigenvalue weighted by atomic mass is 19.1. The average molecular weight is 452 g/mol. The Bertz CT molecular complexity index is 1590. The van der Waals surface area contributed by atoms with Crippen LogP contribution in [0.2, 0.25) is 0 Å². The molecule has 5 aromatic rings. The van der Waals surface area contributed by atoms with Crippen molar-refractivity contribution in [1.82, 2.24) is 14.6 Å². The van der Waals surface area contributed by atoms with Crippen LogP contribution in [0.1, 0.15) is 27.0 Å². The number of para-hydroxylation sites is 2. The minimum absolute atomic E-state index is 0.102. The predicted octanol–water partition coefficient (Wildman–Crippen LogP) is 5.06. The smallest absolute Gasteiger partial charge is 0.261 e. The Kier molecular flexibility index (Phi) is 5.25. The number of nitrogens with zero attached hydrogens (tertiary/aromatic N) is 4. The number of hydrogen-bond acceptors (Lipinski definition) is 5. The molecule has 0 radical (unpaired) electrons. The fourth-order valence-electron chi connectivity index (χ4n) is 3.67. The van der Waals surface area contributed by atoms with Crippen molar-refractivity contribution in [3.8, 4) is 0 Å². The molecule has 168 valence electrons. The number of fused-ring (bicyclic) bond motifs is 2. The van der Waals surface area contributed by atoms with Gasteiger partial charge in [-0.1, -0.05) is 30.3 Å². The number of anilines is 2. The molecule has 3 N–H and O–H groups in total. The molecule has 0 aliphatic rings. The van der Waals surface area contributed by atoms with Gasteiger partial charge in [-0.2, -0.15) is 9.78 Å². The summed E-state index contributed by atoms with van der Waals surface area (Å²) in [4.78, 5) is 22.7. The summed E-state index contributed by atoms with van der Waals surface area (Å²) in [6.45, 7) is 3.99. The normalized spacial score (nSPS) is 11.5. The van der Waals surface area contributed by atoms with Crippen LogP contribution >= 0.6 is 0 Å². The van der Waals surface area contributed by atoms with Gasteiger partial charge in [-0.15, -0.1) is 0 Å². The highest BCUT2D eigenvalue weighted by molar-refractivity contribution is 6.16. The molecular weight excluding hydrogens is 431 g/mol. The van der Waals surface area contributed by atoms with Gasteiger partial charge in [-0.25, -0.2) is 14.4 Å². The minimum atomic E-state index is -0.411. The van der Waals surface area contributed by atoms with Crippen molar-refractivity contribution in [3.05, 3.63) is 94.8 Å². The van der Waals surface area contributed by atoms with Crippen LogP contribution in [0, 0.1) is 19.7 Å². The van der Waals surface area contributed by atoms with Gasteiger partial charge in [0, 0.05) is 5.69 Å². The van der Waals surface area contributed by atoms with Gasteiger partial charge in [0.2, 0.25) is 0 Å². The first-order chi connectivity index (χ1) is 16.4. The van der Waals surface area contributed by atoms with E-state index >= 15 is 0 Å². The highest BCUT2D eigenvalue weighted by Crippen LogP contribution is 2.29. The lowest BCUT2D eigenvalue weighted by molar-refractivity contribution is 0.102. The number of nitrogens with two attached hydrogens (primary N) is 1. The lowest BCUT2D eigenvalue weighted by Crippen LogP contribution is -2.14. The number of hydrogen-bond donors (Lipinski definition) is 2. The maximum Gasteiger partial charge on any atom is 0.261 e. The van der Waals surface area contributed by atoms with Crippen molar-refractivity contribution in [2.24, 2.45) is 5.10 Å². The molecule has 0 bridgehead atoms. The molecule has 0 unspecified atom stereocenters. The fraction of sp³-hybridized carbons (Fsp3) is 0.0769. The zero-order valence-electron chi connectivity index (χ0n) is 18.6. The van der Waals surface area contributed by atoms with E-state index < -0.39 is 5.91 Å². The summed E-state index contributed by atoms with van der Waals surface area (Å²) in [6.07, 6.45) is 1.52. The van der Waals surface area contributed by atoms with Gasteiger partial charge in [0.15, 0.2) is 5.65 Å². The van der Waals surface area contributed by atoms with E-state index in [1.54, 1.807) is 12.1 Å². The third-order valence-electron chi connectivity index (χ3n) is 5.66. The molecule has 0 atom stereocenters. The van der Waals surface area contributed by atoms with Crippen LogP contribution in [0.15, 0.2) is 71.8 Å². The molecule has 0 aliphatic heterocycles. The van der Waals surface area contributed by atoms with Gasteiger partial charge in [0.05, 0.1) is 17.2 Å². The molecule has 1 amide bonds. The summed E-state index contributed by atoms with van der Waals surface area (Å²) >= 11 is 0. The van der Waals surface area contributed by atoms with Crippen molar-refractivity contribution >= 4 is 45.8 Å². The van der Waals surface area contributed by atoms with Crippen LogP contribution in [0.25, 0.3) is 22.2 Å². The van der Waals surface area contributed by atoms with Gasteiger partial charge in [0.25, 0.3) is 5.91 Å². The fourth-order valence-corrected chi connectivity index (χ4v) is 3.67. The van der Waals surface area contributed by atoms with Crippen molar-refractivity contribution in [3.63, 3.8) is 0 Å². The molecule has 0 spiro atoms. The maximum absolute atomic E-state index is 13.3. The molecule has 0 saturated heterocycles. The third kappa shape index (κ3) is 3.86. The second kappa shape index (κ2) is 8.40. The molecule has 0 aliphatic carbocycles. The van der Waals surface area contributed by atoms with Gasteiger partial charge in [0.1, 0.15) is 22.7 Å². The zero-order chi connectivity index (χ0) is 23.8. The minimum Gasteiger partial charge on any atom is -0.383 e. The van der Waals surface area contributed by atoms with Crippen LogP contribution in [0.5, 0.6) is 0 Å². The van der Waals surface area contributed by atoms with E-state index in [1.165, 1.54) is 23.0 Å². The number of carbonyl (C=O) groups excluding carboxylic acids is 1. The first-order valence-corrected chi connectivity index (χ1v) is 10.7. The highest BCUT2D eigenvalue weighted by Gasteiger charge is 2.24. The number of nitrogens with one attached hydrogen (secondary N) is 1. The SMILES string of the molecule is Cc1ccc(NC(=O)c2c(N)n(/N=C\c3ccc(F)cc3)c3nc4ccccc4nc23)cc1C. The number of rotatable bonds is 4. The first-order valence-electron chi connectivity index (χ1n) is 10.7. The topological polar surface area (TPSA) is 98.2 Å². The molecule has 2 heterocycles. The second-order valence-corrected chi connectivity index (χ2v) is 8.01. The van der Waals surface area contributed by atoms with E-state index in [2.05, 4.69) is 20.4 Å². The Hall–Kier alpha value is -4.59. The van der Waals surface area contributed by atoms with E-state index in [4.69, 9.17) is 5.73 Å². The molecule has 0 saturated carbocycles. The third-order valence-corrected chi connectivity index (χ3v) is 5.66. The molecule has 5 rings (SSSR count). The van der Waals surface area contributed by atoms with Crippen LogP contribution in [0.4, 0.5) is 15.9 Å².